The number of carbonyl (C=O) groups excluding carboxylic acids is 2. The highest BCUT2D eigenvalue weighted by Gasteiger charge is 2.50. The van der Waals surface area contributed by atoms with Crippen LogP contribution in [-0.2, 0) is 19.6 Å². The lowest BCUT2D eigenvalue weighted by molar-refractivity contribution is -0.133. The molecule has 3 rings (SSSR count). The minimum Gasteiger partial charge on any atom is -0.351 e. The topological polar surface area (TPSA) is 86.8 Å². The van der Waals surface area contributed by atoms with Crippen LogP contribution >= 0.6 is 11.6 Å². The van der Waals surface area contributed by atoms with E-state index in [-0.39, 0.29) is 25.0 Å². The number of amides is 2. The molecular weight excluding hydrogens is 414 g/mol. The normalized spacial score (nSPS) is 24.6. The predicted molar refractivity (Wildman–Crippen MR) is 114 cm³/mol. The van der Waals surface area contributed by atoms with Gasteiger partial charge in [0.05, 0.1) is 12.8 Å². The first-order valence-electron chi connectivity index (χ1n) is 9.87. The van der Waals surface area contributed by atoms with Gasteiger partial charge in [0.1, 0.15) is 5.54 Å². The lowest BCUT2D eigenvalue weighted by Crippen LogP contribution is -2.70. The molecule has 1 aromatic carbocycles. The van der Waals surface area contributed by atoms with Crippen molar-refractivity contribution < 1.29 is 18.0 Å². The molecule has 1 atom stereocenters. The number of aryl methyl sites for hydroxylation is 1. The number of anilines is 1. The smallest absolute Gasteiger partial charge is 0.247 e. The summed E-state index contributed by atoms with van der Waals surface area (Å²) in [6.07, 6.45) is 6.10. The summed E-state index contributed by atoms with van der Waals surface area (Å²) >= 11 is 6.07. The number of carbonyl (C=O) groups is 2. The van der Waals surface area contributed by atoms with E-state index < -0.39 is 21.5 Å². The van der Waals surface area contributed by atoms with Gasteiger partial charge in [0, 0.05) is 23.3 Å². The molecule has 1 aromatic rings. The molecule has 1 aliphatic carbocycles. The maximum Gasteiger partial charge on any atom is 0.247 e. The van der Waals surface area contributed by atoms with Crippen molar-refractivity contribution >= 4 is 39.1 Å². The van der Waals surface area contributed by atoms with Crippen molar-refractivity contribution in [2.75, 3.05) is 24.2 Å². The third-order valence-electron chi connectivity index (χ3n) is 5.84. The molecule has 0 bridgehead atoms. The molecule has 0 unspecified atom stereocenters. The molecule has 7 nitrogen and oxygen atoms in total. The molecule has 0 radical (unpaired) electrons. The lowest BCUT2D eigenvalue weighted by atomic mass is 9.91. The minimum atomic E-state index is -3.63. The molecule has 1 aliphatic heterocycles. The number of hydrogen-bond acceptors (Lipinski definition) is 4. The van der Waals surface area contributed by atoms with E-state index in [1.54, 1.807) is 25.1 Å². The average molecular weight is 442 g/mol. The van der Waals surface area contributed by atoms with E-state index in [2.05, 4.69) is 5.32 Å². The van der Waals surface area contributed by atoms with Gasteiger partial charge in [-0.25, -0.2) is 8.42 Å². The summed E-state index contributed by atoms with van der Waals surface area (Å²) < 4.78 is 25.5. The first-order chi connectivity index (χ1) is 13.5. The van der Waals surface area contributed by atoms with Gasteiger partial charge < -0.3 is 5.32 Å². The number of rotatable bonds is 4. The van der Waals surface area contributed by atoms with Gasteiger partial charge in [0.15, 0.2) is 0 Å². The second kappa shape index (κ2) is 8.24. The van der Waals surface area contributed by atoms with Crippen LogP contribution in [0.4, 0.5) is 5.69 Å². The molecule has 1 saturated heterocycles. The lowest BCUT2D eigenvalue weighted by Gasteiger charge is -2.47. The maximum absolute atomic E-state index is 13.4. The summed E-state index contributed by atoms with van der Waals surface area (Å²) in [5.74, 6) is -0.770. The summed E-state index contributed by atoms with van der Waals surface area (Å²) in [7, 11) is -3.63. The molecule has 1 N–H and O–H groups in total. The molecule has 160 valence electrons. The molecule has 29 heavy (non-hydrogen) atoms. The van der Waals surface area contributed by atoms with E-state index in [0.29, 0.717) is 10.7 Å². The van der Waals surface area contributed by atoms with Gasteiger partial charge in [-0.15, -0.1) is 0 Å². The molecule has 2 amide bonds. The molecule has 1 saturated carbocycles. The number of hydrogen-bond donors (Lipinski definition) is 1. The Morgan fingerprint density at radius 1 is 1.24 bits per heavy atom. The number of sulfonamides is 1. The zero-order chi connectivity index (χ0) is 21.4. The van der Waals surface area contributed by atoms with E-state index in [1.807, 2.05) is 6.92 Å². The first kappa shape index (κ1) is 22.1. The Kier molecular flexibility index (Phi) is 6.27. The van der Waals surface area contributed by atoms with Crippen molar-refractivity contribution in [3.8, 4) is 0 Å². The summed E-state index contributed by atoms with van der Waals surface area (Å²) in [6.45, 7) is 3.05. The van der Waals surface area contributed by atoms with Gasteiger partial charge in [-0.1, -0.05) is 30.9 Å². The molecule has 1 heterocycles. The van der Waals surface area contributed by atoms with E-state index >= 15 is 0 Å². The van der Waals surface area contributed by atoms with Crippen molar-refractivity contribution in [2.45, 2.75) is 57.5 Å². The Morgan fingerprint density at radius 3 is 2.48 bits per heavy atom. The SMILES string of the molecule is Cc1cc(Cl)ccc1N1C(=O)CN(S(C)(=O)=O)C[C@]1(C)C(=O)NC1CCCCC1. The van der Waals surface area contributed by atoms with Crippen LogP contribution in [-0.4, -0.2) is 55.5 Å². The fourth-order valence-electron chi connectivity index (χ4n) is 4.23. The molecular formula is C20H28ClN3O4S. The fourth-order valence-corrected chi connectivity index (χ4v) is 5.29. The number of piperazine rings is 1. The summed E-state index contributed by atoms with van der Waals surface area (Å²) in [5.41, 5.74) is -0.0572. The second-order valence-corrected chi connectivity index (χ2v) is 10.7. The Balaban J connectivity index is 2.01. The molecule has 2 fully saturated rings. The quantitative estimate of drug-likeness (QED) is 0.777. The van der Waals surface area contributed by atoms with Crippen LogP contribution in [0.1, 0.15) is 44.6 Å². The standard InChI is InChI=1S/C20H28ClN3O4S/c1-14-11-15(21)9-10-17(14)24-18(25)12-23(29(3,27)28)13-20(24,2)19(26)22-16-7-5-4-6-8-16/h9-11,16H,4-8,12-13H2,1-3H3,(H,22,26)/t20-/m1/s1. The van der Waals surface area contributed by atoms with Crippen molar-refractivity contribution in [1.29, 1.82) is 0 Å². The van der Waals surface area contributed by atoms with E-state index in [4.69, 9.17) is 11.6 Å². The van der Waals surface area contributed by atoms with Gasteiger partial charge in [-0.2, -0.15) is 4.31 Å². The van der Waals surface area contributed by atoms with Gasteiger partial charge in [-0.05, 0) is 50.5 Å². The fraction of sp³-hybridized carbons (Fsp3) is 0.600. The van der Waals surface area contributed by atoms with E-state index in [1.165, 1.54) is 4.90 Å². The minimum absolute atomic E-state index is 0.0463. The van der Waals surface area contributed by atoms with Crippen LogP contribution in [0, 0.1) is 6.92 Å². The Morgan fingerprint density at radius 2 is 1.90 bits per heavy atom. The summed E-state index contributed by atoms with van der Waals surface area (Å²) in [6, 6.07) is 5.15. The third-order valence-corrected chi connectivity index (χ3v) is 7.27. The zero-order valence-corrected chi connectivity index (χ0v) is 18.6. The number of halogens is 1. The molecule has 2 aliphatic rings. The van der Waals surface area contributed by atoms with Gasteiger partial charge in [-0.3, -0.25) is 14.5 Å². The van der Waals surface area contributed by atoms with Crippen molar-refractivity contribution in [1.82, 2.24) is 9.62 Å². The van der Waals surface area contributed by atoms with Crippen molar-refractivity contribution in [2.24, 2.45) is 0 Å². The van der Waals surface area contributed by atoms with Crippen LogP contribution in [0.5, 0.6) is 0 Å². The summed E-state index contributed by atoms with van der Waals surface area (Å²) in [4.78, 5) is 28.0. The maximum atomic E-state index is 13.4. The van der Waals surface area contributed by atoms with Gasteiger partial charge in [0.2, 0.25) is 21.8 Å². The number of benzene rings is 1. The van der Waals surface area contributed by atoms with E-state index in [0.717, 1.165) is 48.2 Å². The third kappa shape index (κ3) is 4.59. The van der Waals surface area contributed by atoms with Crippen molar-refractivity contribution in [3.63, 3.8) is 0 Å². The largest absolute Gasteiger partial charge is 0.351 e. The summed E-state index contributed by atoms with van der Waals surface area (Å²) in [5, 5.41) is 3.60. The van der Waals surface area contributed by atoms with Crippen LogP contribution in [0.25, 0.3) is 0 Å². The second-order valence-electron chi connectivity index (χ2n) is 8.27. The Bertz CT molecular complexity index is 914. The zero-order valence-electron chi connectivity index (χ0n) is 17.1. The average Bonchev–Trinajstić information content (AvgIpc) is 2.63. The number of nitrogens with one attached hydrogen (secondary N) is 1. The molecule has 0 aromatic heterocycles. The van der Waals surface area contributed by atoms with Crippen LogP contribution in [0.3, 0.4) is 0 Å². The highest BCUT2D eigenvalue weighted by molar-refractivity contribution is 7.88. The van der Waals surface area contributed by atoms with Gasteiger partial charge >= 0.3 is 0 Å². The Labute approximate surface area is 177 Å². The molecule has 9 heteroatoms. The van der Waals surface area contributed by atoms with Crippen molar-refractivity contribution in [3.05, 3.63) is 28.8 Å². The van der Waals surface area contributed by atoms with Crippen LogP contribution in [0.15, 0.2) is 18.2 Å². The first-order valence-corrected chi connectivity index (χ1v) is 12.1. The predicted octanol–water partition coefficient (Wildman–Crippen LogP) is 2.46. The monoisotopic (exact) mass is 441 g/mol. The van der Waals surface area contributed by atoms with E-state index in [9.17, 15) is 18.0 Å². The van der Waals surface area contributed by atoms with Crippen LogP contribution < -0.4 is 10.2 Å². The van der Waals surface area contributed by atoms with Crippen LogP contribution in [0.2, 0.25) is 5.02 Å². The molecule has 0 spiro atoms. The Hall–Kier alpha value is -1.64. The number of nitrogens with zero attached hydrogens (tertiary/aromatic N) is 2. The highest BCUT2D eigenvalue weighted by atomic mass is 35.5. The highest BCUT2D eigenvalue weighted by Crippen LogP contribution is 2.34. The van der Waals surface area contributed by atoms with Gasteiger partial charge in [0.25, 0.3) is 0 Å².